The lowest BCUT2D eigenvalue weighted by atomic mass is 10.1. The number of hydrogen-bond donors (Lipinski definition) is 0. The molecular weight excluding hydrogens is 254 g/mol. The van der Waals surface area contributed by atoms with Crippen LogP contribution in [-0.2, 0) is 7.05 Å². The summed E-state index contributed by atoms with van der Waals surface area (Å²) in [5.41, 5.74) is 2.33. The fourth-order valence-corrected chi connectivity index (χ4v) is 3.09. The maximum atomic E-state index is 12.1. The lowest BCUT2D eigenvalue weighted by Gasteiger charge is -2.08. The quantitative estimate of drug-likeness (QED) is 0.610. The standard InChI is InChI=1S/C13H11NOS.ClH/c1-8-4-3-5-10-11(8)9-6-7-16-12(9)13(15)14(10)2;/h3-7H,1-2H3;1H. The second-order valence-corrected chi connectivity index (χ2v) is 4.91. The summed E-state index contributed by atoms with van der Waals surface area (Å²) in [4.78, 5) is 12.1. The van der Waals surface area contributed by atoms with Gasteiger partial charge in [-0.1, -0.05) is 12.1 Å². The van der Waals surface area contributed by atoms with Gasteiger partial charge in [0.1, 0.15) is 4.70 Å². The maximum absolute atomic E-state index is 12.1. The molecule has 0 N–H and O–H groups in total. The number of aryl methyl sites for hydroxylation is 2. The number of halogens is 1. The summed E-state index contributed by atoms with van der Waals surface area (Å²) in [6.45, 7) is 2.09. The summed E-state index contributed by atoms with van der Waals surface area (Å²) in [5.74, 6) is 0. The van der Waals surface area contributed by atoms with Crippen molar-refractivity contribution in [3.05, 3.63) is 45.6 Å². The van der Waals surface area contributed by atoms with Crippen LogP contribution >= 0.6 is 23.7 Å². The second-order valence-electron chi connectivity index (χ2n) is 4.00. The van der Waals surface area contributed by atoms with Gasteiger partial charge in [-0.15, -0.1) is 23.7 Å². The van der Waals surface area contributed by atoms with Crippen molar-refractivity contribution in [1.82, 2.24) is 4.57 Å². The average molecular weight is 266 g/mol. The summed E-state index contributed by atoms with van der Waals surface area (Å²) in [6.07, 6.45) is 0. The first-order chi connectivity index (χ1) is 7.70. The Kier molecular flexibility index (Phi) is 2.98. The third kappa shape index (κ3) is 1.58. The van der Waals surface area contributed by atoms with Crippen molar-refractivity contribution in [3.63, 3.8) is 0 Å². The molecule has 0 fully saturated rings. The fraction of sp³-hybridized carbons (Fsp3) is 0.154. The van der Waals surface area contributed by atoms with E-state index in [-0.39, 0.29) is 18.0 Å². The Labute approximate surface area is 109 Å². The topological polar surface area (TPSA) is 22.0 Å². The first-order valence-electron chi connectivity index (χ1n) is 5.15. The Morgan fingerprint density at radius 1 is 1.24 bits per heavy atom. The highest BCUT2D eigenvalue weighted by Crippen LogP contribution is 2.28. The van der Waals surface area contributed by atoms with Crippen LogP contribution in [0.25, 0.3) is 21.0 Å². The molecule has 0 radical (unpaired) electrons. The summed E-state index contributed by atoms with van der Waals surface area (Å²) in [7, 11) is 1.84. The van der Waals surface area contributed by atoms with Gasteiger partial charge < -0.3 is 4.57 Å². The number of nitrogens with zero attached hydrogens (tertiary/aromatic N) is 1. The molecule has 3 aromatic rings. The number of hydrogen-bond acceptors (Lipinski definition) is 2. The lowest BCUT2D eigenvalue weighted by Crippen LogP contribution is -2.16. The van der Waals surface area contributed by atoms with Crippen molar-refractivity contribution in [2.45, 2.75) is 6.92 Å². The van der Waals surface area contributed by atoms with E-state index in [0.29, 0.717) is 0 Å². The van der Waals surface area contributed by atoms with E-state index in [0.717, 1.165) is 15.6 Å². The molecule has 0 aliphatic heterocycles. The minimum absolute atomic E-state index is 0. The molecule has 0 bridgehead atoms. The van der Waals surface area contributed by atoms with E-state index in [1.165, 1.54) is 22.3 Å². The minimum Gasteiger partial charge on any atom is -0.310 e. The summed E-state index contributed by atoms with van der Waals surface area (Å²) >= 11 is 1.52. The second kappa shape index (κ2) is 4.17. The number of fused-ring (bicyclic) bond motifs is 3. The molecule has 2 aromatic heterocycles. The molecule has 3 rings (SSSR count). The van der Waals surface area contributed by atoms with Gasteiger partial charge in [-0.3, -0.25) is 4.79 Å². The minimum atomic E-state index is 0. The molecular formula is C13H12ClNOS. The third-order valence-electron chi connectivity index (χ3n) is 3.05. The largest absolute Gasteiger partial charge is 0.310 e. The molecule has 0 unspecified atom stereocenters. The Morgan fingerprint density at radius 2 is 2.00 bits per heavy atom. The van der Waals surface area contributed by atoms with Crippen LogP contribution in [0.1, 0.15) is 5.56 Å². The molecule has 0 aliphatic rings. The van der Waals surface area contributed by atoms with Crippen LogP contribution in [0.3, 0.4) is 0 Å². The highest BCUT2D eigenvalue weighted by Gasteiger charge is 2.10. The first-order valence-corrected chi connectivity index (χ1v) is 6.03. The van der Waals surface area contributed by atoms with Crippen LogP contribution in [0, 0.1) is 6.92 Å². The predicted molar refractivity (Wildman–Crippen MR) is 76.6 cm³/mol. The van der Waals surface area contributed by atoms with E-state index in [9.17, 15) is 4.79 Å². The third-order valence-corrected chi connectivity index (χ3v) is 3.95. The molecule has 2 heterocycles. The molecule has 0 atom stereocenters. The fourth-order valence-electron chi connectivity index (χ4n) is 2.22. The molecule has 17 heavy (non-hydrogen) atoms. The Morgan fingerprint density at radius 3 is 2.76 bits per heavy atom. The van der Waals surface area contributed by atoms with Crippen molar-refractivity contribution in [3.8, 4) is 0 Å². The highest BCUT2D eigenvalue weighted by atomic mass is 35.5. The van der Waals surface area contributed by atoms with Crippen LogP contribution in [0.15, 0.2) is 34.4 Å². The number of thiophene rings is 1. The van der Waals surface area contributed by atoms with Crippen molar-refractivity contribution in [1.29, 1.82) is 0 Å². The van der Waals surface area contributed by atoms with Gasteiger partial charge in [-0.2, -0.15) is 0 Å². The zero-order chi connectivity index (χ0) is 11.3. The van der Waals surface area contributed by atoms with E-state index in [1.54, 1.807) is 4.57 Å². The van der Waals surface area contributed by atoms with Gasteiger partial charge in [0.15, 0.2) is 0 Å². The Hall–Kier alpha value is -1.32. The zero-order valence-corrected chi connectivity index (χ0v) is 11.2. The molecule has 4 heteroatoms. The van der Waals surface area contributed by atoms with Gasteiger partial charge in [0.2, 0.25) is 0 Å². The number of pyridine rings is 1. The van der Waals surface area contributed by atoms with Gasteiger partial charge in [0.05, 0.1) is 5.52 Å². The van der Waals surface area contributed by atoms with Crippen LogP contribution in [0.5, 0.6) is 0 Å². The summed E-state index contributed by atoms with van der Waals surface area (Å²) < 4.78 is 2.59. The zero-order valence-electron chi connectivity index (χ0n) is 9.56. The van der Waals surface area contributed by atoms with Crippen molar-refractivity contribution in [2.24, 2.45) is 7.05 Å². The van der Waals surface area contributed by atoms with Crippen LogP contribution in [0.4, 0.5) is 0 Å². The number of benzene rings is 1. The molecule has 2 nitrogen and oxygen atoms in total. The van der Waals surface area contributed by atoms with E-state index in [1.807, 2.05) is 30.6 Å². The molecule has 1 aromatic carbocycles. The summed E-state index contributed by atoms with van der Waals surface area (Å²) in [6, 6.07) is 8.12. The maximum Gasteiger partial charge on any atom is 0.268 e. The molecule has 88 valence electrons. The van der Waals surface area contributed by atoms with Crippen molar-refractivity contribution in [2.75, 3.05) is 0 Å². The summed E-state index contributed by atoms with van der Waals surface area (Å²) in [5, 5.41) is 4.26. The SMILES string of the molecule is Cc1cccc2c1c1ccsc1c(=O)n2C.Cl. The van der Waals surface area contributed by atoms with Crippen molar-refractivity contribution < 1.29 is 0 Å². The Bertz CT molecular complexity index is 757. The van der Waals surface area contributed by atoms with Crippen LogP contribution in [0.2, 0.25) is 0 Å². The molecule has 0 amide bonds. The van der Waals surface area contributed by atoms with E-state index in [2.05, 4.69) is 13.0 Å². The molecule has 0 aliphatic carbocycles. The van der Waals surface area contributed by atoms with Gasteiger partial charge >= 0.3 is 0 Å². The van der Waals surface area contributed by atoms with E-state index >= 15 is 0 Å². The lowest BCUT2D eigenvalue weighted by molar-refractivity contribution is 0.920. The van der Waals surface area contributed by atoms with Gasteiger partial charge in [0, 0.05) is 17.8 Å². The molecule has 0 saturated heterocycles. The average Bonchev–Trinajstić information content (AvgIpc) is 2.74. The van der Waals surface area contributed by atoms with Gasteiger partial charge in [0.25, 0.3) is 5.56 Å². The van der Waals surface area contributed by atoms with Crippen molar-refractivity contribution >= 4 is 44.7 Å². The van der Waals surface area contributed by atoms with Gasteiger partial charge in [-0.05, 0) is 30.0 Å². The normalized spacial score (nSPS) is 10.7. The Balaban J connectivity index is 0.00000108. The van der Waals surface area contributed by atoms with Crippen LogP contribution in [-0.4, -0.2) is 4.57 Å². The van der Waals surface area contributed by atoms with Crippen LogP contribution < -0.4 is 5.56 Å². The van der Waals surface area contributed by atoms with Gasteiger partial charge in [-0.25, -0.2) is 0 Å². The van der Waals surface area contributed by atoms with E-state index < -0.39 is 0 Å². The molecule has 0 spiro atoms. The number of aromatic nitrogens is 1. The smallest absolute Gasteiger partial charge is 0.268 e. The highest BCUT2D eigenvalue weighted by molar-refractivity contribution is 7.17. The van der Waals surface area contributed by atoms with E-state index in [4.69, 9.17) is 0 Å². The predicted octanol–water partition coefficient (Wildman–Crippen LogP) is 3.48. The molecule has 0 saturated carbocycles. The number of rotatable bonds is 0. The first kappa shape index (κ1) is 12.1. The monoisotopic (exact) mass is 265 g/mol.